The minimum atomic E-state index is -2.66. The van der Waals surface area contributed by atoms with Gasteiger partial charge in [0.05, 0.1) is 0 Å². The van der Waals surface area contributed by atoms with Gasteiger partial charge in [-0.3, -0.25) is 0 Å². The van der Waals surface area contributed by atoms with Gasteiger partial charge in [0.2, 0.25) is 34.8 Å². The van der Waals surface area contributed by atoms with Gasteiger partial charge in [-0.2, -0.15) is 8.78 Å². The topological polar surface area (TPSA) is 44.8 Å². The first-order valence-electron chi connectivity index (χ1n) is 4.41. The predicted octanol–water partition coefficient (Wildman–Crippen LogP) is 2.21. The summed E-state index contributed by atoms with van der Waals surface area (Å²) in [6.07, 6.45) is 3.47. The number of rotatable bonds is 2. The van der Waals surface area contributed by atoms with Crippen LogP contribution in [0.25, 0.3) is 0 Å². The first kappa shape index (κ1) is 12.9. The Kier molecular flexibility index (Phi) is 2.73. The molecule has 1 aliphatic heterocycles. The zero-order valence-electron chi connectivity index (χ0n) is 8.60. The van der Waals surface area contributed by atoms with Gasteiger partial charge in [-0.15, -0.1) is 6.42 Å². The van der Waals surface area contributed by atoms with Crippen LogP contribution in [0, 0.1) is 41.4 Å². The Bertz CT molecular complexity index is 584. The van der Waals surface area contributed by atoms with Crippen molar-refractivity contribution in [2.24, 2.45) is 0 Å². The van der Waals surface area contributed by atoms with Crippen molar-refractivity contribution in [3.8, 4) is 18.1 Å². The van der Waals surface area contributed by atoms with Crippen molar-refractivity contribution >= 4 is 6.16 Å². The maximum absolute atomic E-state index is 13.2. The number of terminal acetylenes is 1. The lowest BCUT2D eigenvalue weighted by Crippen LogP contribution is -2.53. The molecule has 0 aromatic heterocycles. The number of hydrogen-bond donors (Lipinski definition) is 0. The molecule has 1 aliphatic rings. The minimum absolute atomic E-state index is 1.33. The van der Waals surface area contributed by atoms with Gasteiger partial charge in [-0.1, -0.05) is 0 Å². The highest BCUT2D eigenvalue weighted by Gasteiger charge is 2.52. The molecule has 0 saturated carbocycles. The average Bonchev–Trinajstić information content (AvgIpc) is 2.36. The van der Waals surface area contributed by atoms with Crippen LogP contribution in [0.5, 0.6) is 5.75 Å². The molecule has 2 rings (SSSR count). The third-order valence-electron chi connectivity index (χ3n) is 2.02. The predicted molar refractivity (Wildman–Crippen MR) is 46.0 cm³/mol. The van der Waals surface area contributed by atoms with Gasteiger partial charge < -0.3 is 14.2 Å². The summed E-state index contributed by atoms with van der Waals surface area (Å²) in [5.74, 6) is -14.3. The van der Waals surface area contributed by atoms with E-state index >= 15 is 0 Å². The number of hydrogen-bond acceptors (Lipinski definition) is 4. The molecule has 1 aromatic carbocycles. The zero-order chi connectivity index (χ0) is 14.4. The van der Waals surface area contributed by atoms with E-state index in [0.717, 1.165) is 0 Å². The Morgan fingerprint density at radius 2 is 1.37 bits per heavy atom. The van der Waals surface area contributed by atoms with Gasteiger partial charge in [-0.05, 0) is 0 Å². The standard InChI is InChI=1S/C10HF5O4/c1-2-10(18-9(16)19-10)17-8-6(14)4(12)3(11)5(13)7(8)15/h1H. The molecule has 0 radical (unpaired) electrons. The highest BCUT2D eigenvalue weighted by molar-refractivity contribution is 5.66. The molecule has 0 atom stereocenters. The number of ether oxygens (including phenoxy) is 3. The van der Waals surface area contributed by atoms with E-state index in [0.29, 0.717) is 0 Å². The smallest absolute Gasteiger partial charge is 0.404 e. The molecule has 1 fully saturated rings. The lowest BCUT2D eigenvalue weighted by Gasteiger charge is -2.33. The number of carbonyl (C=O) groups excluding carboxylic acids is 1. The second-order valence-electron chi connectivity index (χ2n) is 3.16. The van der Waals surface area contributed by atoms with Crippen LogP contribution in [0.1, 0.15) is 0 Å². The van der Waals surface area contributed by atoms with Crippen LogP contribution in [-0.4, -0.2) is 12.1 Å². The fourth-order valence-corrected chi connectivity index (χ4v) is 1.17. The van der Waals surface area contributed by atoms with Crippen molar-refractivity contribution in [3.63, 3.8) is 0 Å². The van der Waals surface area contributed by atoms with Crippen LogP contribution in [-0.2, 0) is 9.47 Å². The Hall–Kier alpha value is -2.50. The number of halogens is 5. The summed E-state index contributed by atoms with van der Waals surface area (Å²) < 4.78 is 77.3. The fourth-order valence-electron chi connectivity index (χ4n) is 1.17. The molecule has 0 bridgehead atoms. The third-order valence-corrected chi connectivity index (χ3v) is 2.02. The molecule has 0 aliphatic carbocycles. The van der Waals surface area contributed by atoms with Crippen LogP contribution in [0.2, 0.25) is 0 Å². The largest absolute Gasteiger partial charge is 0.521 e. The first-order chi connectivity index (χ1) is 8.81. The SMILES string of the molecule is C#CC1(Oc2c(F)c(F)c(F)c(F)c2F)OC(=O)O1. The molecule has 0 amide bonds. The van der Waals surface area contributed by atoms with E-state index in [9.17, 15) is 26.7 Å². The molecule has 1 heterocycles. The molecular formula is C10HF5O4. The van der Waals surface area contributed by atoms with Gasteiger partial charge in [0.15, 0.2) is 0 Å². The third kappa shape index (κ3) is 1.81. The average molecular weight is 280 g/mol. The summed E-state index contributed by atoms with van der Waals surface area (Å²) in [6, 6.07) is 0. The normalized spacial score (nSPS) is 15.9. The van der Waals surface area contributed by atoms with Crippen LogP contribution < -0.4 is 4.74 Å². The van der Waals surface area contributed by atoms with Crippen molar-refractivity contribution in [1.29, 1.82) is 0 Å². The van der Waals surface area contributed by atoms with Crippen LogP contribution >= 0.6 is 0 Å². The molecule has 100 valence electrons. The fraction of sp³-hybridized carbons (Fsp3) is 0.100. The lowest BCUT2D eigenvalue weighted by molar-refractivity contribution is -0.333. The van der Waals surface area contributed by atoms with E-state index in [1.807, 2.05) is 0 Å². The number of benzene rings is 1. The maximum Gasteiger partial charge on any atom is 0.521 e. The van der Waals surface area contributed by atoms with Crippen molar-refractivity contribution < 1.29 is 41.0 Å². The highest BCUT2D eigenvalue weighted by Crippen LogP contribution is 2.35. The Morgan fingerprint density at radius 1 is 0.947 bits per heavy atom. The summed E-state index contributed by atoms with van der Waals surface area (Å²) in [5, 5.41) is 0. The van der Waals surface area contributed by atoms with E-state index in [1.54, 1.807) is 5.92 Å². The molecule has 1 aromatic rings. The van der Waals surface area contributed by atoms with Crippen LogP contribution in [0.4, 0.5) is 26.7 Å². The molecule has 0 spiro atoms. The molecule has 9 heteroatoms. The summed E-state index contributed by atoms with van der Waals surface area (Å²) in [7, 11) is 0. The first-order valence-corrected chi connectivity index (χ1v) is 4.41. The second kappa shape index (κ2) is 4.01. The van der Waals surface area contributed by atoms with Gasteiger partial charge in [0.25, 0.3) is 0 Å². The Balaban J connectivity index is 2.47. The Labute approximate surface area is 101 Å². The summed E-state index contributed by atoms with van der Waals surface area (Å²) >= 11 is 0. The Morgan fingerprint density at radius 3 is 1.74 bits per heavy atom. The van der Waals surface area contributed by atoms with E-state index < -0.39 is 47.0 Å². The lowest BCUT2D eigenvalue weighted by atomic mass is 10.2. The van der Waals surface area contributed by atoms with Crippen molar-refractivity contribution in [1.82, 2.24) is 0 Å². The van der Waals surface area contributed by atoms with Crippen molar-refractivity contribution in [2.45, 2.75) is 5.97 Å². The molecule has 0 N–H and O–H groups in total. The van der Waals surface area contributed by atoms with Crippen LogP contribution in [0.3, 0.4) is 0 Å². The number of carbonyl (C=O) groups is 1. The van der Waals surface area contributed by atoms with Crippen LogP contribution in [0.15, 0.2) is 0 Å². The quantitative estimate of drug-likeness (QED) is 0.274. The van der Waals surface area contributed by atoms with E-state index in [1.165, 1.54) is 0 Å². The second-order valence-corrected chi connectivity index (χ2v) is 3.16. The van der Waals surface area contributed by atoms with Gasteiger partial charge in [0.1, 0.15) is 0 Å². The zero-order valence-corrected chi connectivity index (χ0v) is 8.60. The van der Waals surface area contributed by atoms with Crippen molar-refractivity contribution in [3.05, 3.63) is 29.1 Å². The molecule has 1 saturated heterocycles. The van der Waals surface area contributed by atoms with Gasteiger partial charge in [-0.25, -0.2) is 18.0 Å². The van der Waals surface area contributed by atoms with E-state index in [4.69, 9.17) is 6.42 Å². The summed E-state index contributed by atoms with van der Waals surface area (Å²) in [5.41, 5.74) is 0. The highest BCUT2D eigenvalue weighted by atomic mass is 19.2. The molecular weight excluding hydrogens is 279 g/mol. The molecule has 4 nitrogen and oxygen atoms in total. The van der Waals surface area contributed by atoms with Gasteiger partial charge >= 0.3 is 12.1 Å². The van der Waals surface area contributed by atoms with Crippen molar-refractivity contribution in [2.75, 3.05) is 0 Å². The maximum atomic E-state index is 13.2. The minimum Gasteiger partial charge on any atom is -0.404 e. The van der Waals surface area contributed by atoms with E-state index in [-0.39, 0.29) is 0 Å². The number of cyclic esters (lactones) is 2. The monoisotopic (exact) mass is 280 g/mol. The van der Waals surface area contributed by atoms with E-state index in [2.05, 4.69) is 14.2 Å². The summed E-state index contributed by atoms with van der Waals surface area (Å²) in [4.78, 5) is 10.4. The molecule has 19 heavy (non-hydrogen) atoms. The van der Waals surface area contributed by atoms with Gasteiger partial charge in [0, 0.05) is 5.92 Å². The molecule has 0 unspecified atom stereocenters. The summed E-state index contributed by atoms with van der Waals surface area (Å²) in [6.45, 7) is 0.